The molecule has 1 aliphatic heterocycles. The van der Waals surface area contributed by atoms with Gasteiger partial charge in [-0.25, -0.2) is 9.50 Å². The summed E-state index contributed by atoms with van der Waals surface area (Å²) in [6.07, 6.45) is 7.22. The van der Waals surface area contributed by atoms with E-state index in [9.17, 15) is 4.79 Å². The molecule has 1 fully saturated rings. The van der Waals surface area contributed by atoms with Gasteiger partial charge in [-0.3, -0.25) is 9.78 Å². The Labute approximate surface area is 216 Å². The van der Waals surface area contributed by atoms with Gasteiger partial charge in [-0.05, 0) is 67.2 Å². The van der Waals surface area contributed by atoms with E-state index in [4.69, 9.17) is 9.72 Å². The number of carbonyl (C=O) groups excluding carboxylic acids is 1. The predicted molar refractivity (Wildman–Crippen MR) is 142 cm³/mol. The SMILES string of the molecule is C=CC(=O)N1CCC(N[C@H]2CCc3cc(-c4nc5ccc(OC)nn5c4-c4ccccn4)ccc32)CC1. The highest BCUT2D eigenvalue weighted by Crippen LogP contribution is 2.38. The van der Waals surface area contributed by atoms with Gasteiger partial charge in [0, 0.05) is 43.0 Å². The summed E-state index contributed by atoms with van der Waals surface area (Å²) < 4.78 is 7.19. The van der Waals surface area contributed by atoms with Crippen LogP contribution in [0.2, 0.25) is 0 Å². The minimum atomic E-state index is 0.0304. The van der Waals surface area contributed by atoms with Crippen molar-refractivity contribution in [1.82, 2.24) is 29.8 Å². The molecule has 0 spiro atoms. The molecule has 188 valence electrons. The van der Waals surface area contributed by atoms with E-state index in [2.05, 4.69) is 40.2 Å². The highest BCUT2D eigenvalue weighted by Gasteiger charge is 2.29. The lowest BCUT2D eigenvalue weighted by atomic mass is 9.99. The van der Waals surface area contributed by atoms with Gasteiger partial charge in [-0.2, -0.15) is 0 Å². The number of benzene rings is 1. The molecule has 1 amide bonds. The van der Waals surface area contributed by atoms with Gasteiger partial charge in [-0.15, -0.1) is 5.10 Å². The van der Waals surface area contributed by atoms with Crippen molar-refractivity contribution in [3.05, 3.63) is 78.5 Å². The topological polar surface area (TPSA) is 84.7 Å². The minimum absolute atomic E-state index is 0.0304. The normalized spacial score (nSPS) is 17.6. The highest BCUT2D eigenvalue weighted by molar-refractivity contribution is 5.87. The van der Waals surface area contributed by atoms with Crippen LogP contribution in [0.15, 0.2) is 67.4 Å². The van der Waals surface area contributed by atoms with Crippen LogP contribution in [0.5, 0.6) is 5.88 Å². The molecule has 2 aliphatic rings. The zero-order valence-electron chi connectivity index (χ0n) is 20.9. The van der Waals surface area contributed by atoms with Crippen LogP contribution in [-0.4, -0.2) is 56.6 Å². The van der Waals surface area contributed by atoms with Crippen LogP contribution in [0.1, 0.15) is 36.4 Å². The zero-order valence-corrected chi connectivity index (χ0v) is 20.9. The van der Waals surface area contributed by atoms with Crippen molar-refractivity contribution >= 4 is 11.6 Å². The number of ether oxygens (including phenoxy) is 1. The summed E-state index contributed by atoms with van der Waals surface area (Å²) in [4.78, 5) is 23.3. The molecule has 0 saturated carbocycles. The van der Waals surface area contributed by atoms with Crippen LogP contribution >= 0.6 is 0 Å². The Hall–Kier alpha value is -4.04. The third-order valence-electron chi connectivity index (χ3n) is 7.48. The van der Waals surface area contributed by atoms with Crippen LogP contribution in [0.3, 0.4) is 0 Å². The molecule has 1 N–H and O–H groups in total. The van der Waals surface area contributed by atoms with Crippen LogP contribution in [-0.2, 0) is 11.2 Å². The number of amides is 1. The monoisotopic (exact) mass is 494 g/mol. The summed E-state index contributed by atoms with van der Waals surface area (Å²) in [5.74, 6) is 0.555. The Morgan fingerprint density at radius 1 is 1.14 bits per heavy atom. The summed E-state index contributed by atoms with van der Waals surface area (Å²) in [5, 5.41) is 8.50. The summed E-state index contributed by atoms with van der Waals surface area (Å²) >= 11 is 0. The Balaban J connectivity index is 1.29. The Morgan fingerprint density at radius 3 is 2.76 bits per heavy atom. The molecule has 0 radical (unpaired) electrons. The lowest BCUT2D eigenvalue weighted by Crippen LogP contribution is -2.45. The van der Waals surface area contributed by atoms with E-state index in [1.54, 1.807) is 13.3 Å². The van der Waals surface area contributed by atoms with Crippen molar-refractivity contribution in [3.63, 3.8) is 0 Å². The first kappa shape index (κ1) is 23.4. The van der Waals surface area contributed by atoms with Crippen molar-refractivity contribution in [2.45, 2.75) is 37.8 Å². The number of rotatable bonds is 6. The standard InChI is InChI=1S/C29H30N6O2/c1-3-27(36)34-16-13-21(14-17-34)31-23-10-8-19-18-20(7-9-22(19)23)28-29(24-6-4-5-15-30-24)35-25(32-28)11-12-26(33-35)37-2/h3-7,9,11-12,15,18,21,23,31H,1,8,10,13-14,16-17H2,2H3/t23-/m0/s1. The fraction of sp³-hybridized carbons (Fsp3) is 0.310. The number of methoxy groups -OCH3 is 1. The Kier molecular flexibility index (Phi) is 6.18. The number of aromatic nitrogens is 4. The maximum atomic E-state index is 11.9. The Morgan fingerprint density at radius 2 is 2.00 bits per heavy atom. The van der Waals surface area contributed by atoms with Crippen LogP contribution < -0.4 is 10.1 Å². The lowest BCUT2D eigenvalue weighted by Gasteiger charge is -2.33. The quantitative estimate of drug-likeness (QED) is 0.404. The number of piperidine rings is 1. The molecule has 1 saturated heterocycles. The van der Waals surface area contributed by atoms with E-state index in [0.29, 0.717) is 18.0 Å². The van der Waals surface area contributed by atoms with Gasteiger partial charge in [0.15, 0.2) is 5.65 Å². The van der Waals surface area contributed by atoms with Crippen molar-refractivity contribution in [2.75, 3.05) is 20.2 Å². The smallest absolute Gasteiger partial charge is 0.245 e. The number of imidazole rings is 1. The average Bonchev–Trinajstić information content (AvgIpc) is 3.54. The maximum Gasteiger partial charge on any atom is 0.245 e. The predicted octanol–water partition coefficient (Wildman–Crippen LogP) is 4.22. The lowest BCUT2D eigenvalue weighted by molar-refractivity contribution is -0.127. The number of likely N-dealkylation sites (tertiary alicyclic amines) is 1. The van der Waals surface area contributed by atoms with Gasteiger partial charge in [0.2, 0.25) is 11.8 Å². The molecule has 1 atom stereocenters. The van der Waals surface area contributed by atoms with Crippen LogP contribution in [0, 0.1) is 0 Å². The number of hydrogen-bond donors (Lipinski definition) is 1. The van der Waals surface area contributed by atoms with E-state index < -0.39 is 0 Å². The number of carbonyl (C=O) groups is 1. The molecule has 4 heterocycles. The van der Waals surface area contributed by atoms with E-state index in [1.807, 2.05) is 39.7 Å². The van der Waals surface area contributed by atoms with Crippen LogP contribution in [0.4, 0.5) is 0 Å². The second kappa shape index (κ2) is 9.78. The molecule has 37 heavy (non-hydrogen) atoms. The number of hydrogen-bond acceptors (Lipinski definition) is 6. The van der Waals surface area contributed by atoms with E-state index in [1.165, 1.54) is 17.2 Å². The second-order valence-electron chi connectivity index (χ2n) is 9.64. The molecule has 1 aliphatic carbocycles. The highest BCUT2D eigenvalue weighted by atomic mass is 16.5. The van der Waals surface area contributed by atoms with Crippen molar-refractivity contribution in [1.29, 1.82) is 0 Å². The first-order valence-corrected chi connectivity index (χ1v) is 12.8. The van der Waals surface area contributed by atoms with Gasteiger partial charge in [0.05, 0.1) is 12.8 Å². The average molecular weight is 495 g/mol. The summed E-state index contributed by atoms with van der Waals surface area (Å²) in [6, 6.07) is 17.0. The molecular formula is C29H30N6O2. The van der Waals surface area contributed by atoms with E-state index in [0.717, 1.165) is 67.1 Å². The van der Waals surface area contributed by atoms with Crippen molar-refractivity contribution < 1.29 is 9.53 Å². The third-order valence-corrected chi connectivity index (χ3v) is 7.48. The van der Waals surface area contributed by atoms with Crippen molar-refractivity contribution in [2.24, 2.45) is 0 Å². The molecule has 8 nitrogen and oxygen atoms in total. The van der Waals surface area contributed by atoms with Gasteiger partial charge in [-0.1, -0.05) is 24.8 Å². The molecule has 4 aromatic rings. The largest absolute Gasteiger partial charge is 0.480 e. The van der Waals surface area contributed by atoms with Gasteiger partial charge in [0.25, 0.3) is 0 Å². The van der Waals surface area contributed by atoms with Crippen LogP contribution in [0.25, 0.3) is 28.3 Å². The van der Waals surface area contributed by atoms with Gasteiger partial charge < -0.3 is 15.0 Å². The molecule has 0 unspecified atom stereocenters. The van der Waals surface area contributed by atoms with Gasteiger partial charge >= 0.3 is 0 Å². The fourth-order valence-electron chi connectivity index (χ4n) is 5.58. The molecule has 0 bridgehead atoms. The van der Waals surface area contributed by atoms with E-state index >= 15 is 0 Å². The minimum Gasteiger partial charge on any atom is -0.480 e. The molecular weight excluding hydrogens is 464 g/mol. The second-order valence-corrected chi connectivity index (χ2v) is 9.64. The molecule has 6 rings (SSSR count). The third kappa shape index (κ3) is 4.38. The molecule has 1 aromatic carbocycles. The molecule has 3 aromatic heterocycles. The first-order chi connectivity index (χ1) is 18.1. The number of fused-ring (bicyclic) bond motifs is 2. The first-order valence-electron chi connectivity index (χ1n) is 12.8. The summed E-state index contributed by atoms with van der Waals surface area (Å²) in [5.41, 5.74) is 7.03. The zero-order chi connectivity index (χ0) is 25.4. The number of nitrogens with one attached hydrogen (secondary N) is 1. The fourth-order valence-corrected chi connectivity index (χ4v) is 5.58. The van der Waals surface area contributed by atoms with Crippen molar-refractivity contribution in [3.8, 4) is 28.5 Å². The number of aryl methyl sites for hydroxylation is 1. The number of nitrogens with zero attached hydrogens (tertiary/aromatic N) is 5. The van der Waals surface area contributed by atoms with Gasteiger partial charge in [0.1, 0.15) is 11.4 Å². The molecule has 8 heteroatoms. The Bertz CT molecular complexity index is 1460. The maximum absolute atomic E-state index is 11.9. The number of pyridine rings is 1. The summed E-state index contributed by atoms with van der Waals surface area (Å²) in [7, 11) is 1.61. The van der Waals surface area contributed by atoms with E-state index in [-0.39, 0.29) is 5.91 Å². The summed E-state index contributed by atoms with van der Waals surface area (Å²) in [6.45, 7) is 5.17.